The maximum absolute atomic E-state index is 10.8. The predicted octanol–water partition coefficient (Wildman–Crippen LogP) is 3.12. The molecule has 0 aromatic heterocycles. The molecule has 0 aliphatic carbocycles. The molecule has 1 atom stereocenters. The van der Waals surface area contributed by atoms with E-state index in [0.717, 1.165) is 12.8 Å². The normalized spacial score (nSPS) is 14.5. The fourth-order valence-corrected chi connectivity index (χ4v) is 1.77. The number of carbonyl (C=O) groups is 1. The van der Waals surface area contributed by atoms with Gasteiger partial charge in [0.05, 0.1) is 6.42 Å². The summed E-state index contributed by atoms with van der Waals surface area (Å²) in [6, 6.07) is 10.1. The highest BCUT2D eigenvalue weighted by molar-refractivity contribution is 5.67. The van der Waals surface area contributed by atoms with Crippen molar-refractivity contribution in [3.8, 4) is 0 Å². The molecule has 0 heterocycles. The SMILES string of the molecule is CC[C@@](C)(CC(=O)O)Cc1ccccc1. The van der Waals surface area contributed by atoms with E-state index in [4.69, 9.17) is 5.11 Å². The van der Waals surface area contributed by atoms with Gasteiger partial charge in [-0.3, -0.25) is 4.79 Å². The van der Waals surface area contributed by atoms with Crippen LogP contribution in [0.15, 0.2) is 30.3 Å². The number of aliphatic carboxylic acids is 1. The van der Waals surface area contributed by atoms with Crippen LogP contribution in [0.5, 0.6) is 0 Å². The minimum atomic E-state index is -0.713. The third-order valence-electron chi connectivity index (χ3n) is 2.91. The summed E-state index contributed by atoms with van der Waals surface area (Å²) in [6.07, 6.45) is 1.95. The van der Waals surface area contributed by atoms with E-state index in [9.17, 15) is 4.79 Å². The summed E-state index contributed by atoms with van der Waals surface area (Å²) in [5, 5.41) is 8.86. The molecule has 0 saturated heterocycles. The van der Waals surface area contributed by atoms with Crippen LogP contribution in [0.25, 0.3) is 0 Å². The van der Waals surface area contributed by atoms with Crippen LogP contribution in [-0.2, 0) is 11.2 Å². The molecule has 2 heteroatoms. The lowest BCUT2D eigenvalue weighted by atomic mass is 9.78. The van der Waals surface area contributed by atoms with Gasteiger partial charge in [0.15, 0.2) is 0 Å². The van der Waals surface area contributed by atoms with Crippen molar-refractivity contribution in [1.82, 2.24) is 0 Å². The second kappa shape index (κ2) is 4.96. The smallest absolute Gasteiger partial charge is 0.303 e. The third kappa shape index (κ3) is 3.74. The van der Waals surface area contributed by atoms with Gasteiger partial charge in [-0.25, -0.2) is 0 Å². The summed E-state index contributed by atoms with van der Waals surface area (Å²) in [4.78, 5) is 10.8. The van der Waals surface area contributed by atoms with Crippen molar-refractivity contribution in [3.05, 3.63) is 35.9 Å². The van der Waals surface area contributed by atoms with Crippen molar-refractivity contribution in [2.75, 3.05) is 0 Å². The molecular formula is C13H18O2. The third-order valence-corrected chi connectivity index (χ3v) is 2.91. The largest absolute Gasteiger partial charge is 0.481 e. The van der Waals surface area contributed by atoms with Crippen LogP contribution in [0, 0.1) is 5.41 Å². The van der Waals surface area contributed by atoms with Gasteiger partial charge >= 0.3 is 5.97 Å². The molecule has 0 aliphatic heterocycles. The van der Waals surface area contributed by atoms with Crippen LogP contribution in [0.4, 0.5) is 0 Å². The molecule has 1 rings (SSSR count). The molecule has 0 spiro atoms. The van der Waals surface area contributed by atoms with Gasteiger partial charge in [-0.15, -0.1) is 0 Å². The number of hydrogen-bond acceptors (Lipinski definition) is 1. The van der Waals surface area contributed by atoms with E-state index in [-0.39, 0.29) is 11.8 Å². The zero-order valence-electron chi connectivity index (χ0n) is 9.36. The Bertz CT molecular complexity index is 319. The Kier molecular flexibility index (Phi) is 3.89. The van der Waals surface area contributed by atoms with Crippen molar-refractivity contribution < 1.29 is 9.90 Å². The van der Waals surface area contributed by atoms with Crippen LogP contribution in [0.3, 0.4) is 0 Å². The molecule has 0 unspecified atom stereocenters. The molecule has 82 valence electrons. The average molecular weight is 206 g/mol. The molecule has 0 fully saturated rings. The van der Waals surface area contributed by atoms with Crippen molar-refractivity contribution in [2.45, 2.75) is 33.1 Å². The predicted molar refractivity (Wildman–Crippen MR) is 60.8 cm³/mol. The lowest BCUT2D eigenvalue weighted by Gasteiger charge is -2.26. The van der Waals surface area contributed by atoms with E-state index in [2.05, 4.69) is 12.1 Å². The van der Waals surface area contributed by atoms with Gasteiger partial charge in [-0.2, -0.15) is 0 Å². The summed E-state index contributed by atoms with van der Waals surface area (Å²) in [5.74, 6) is -0.713. The number of hydrogen-bond donors (Lipinski definition) is 1. The maximum Gasteiger partial charge on any atom is 0.303 e. The zero-order valence-corrected chi connectivity index (χ0v) is 9.36. The van der Waals surface area contributed by atoms with E-state index in [1.807, 2.05) is 32.0 Å². The number of carboxylic acids is 1. The Balaban J connectivity index is 2.72. The standard InChI is InChI=1S/C13H18O2/c1-3-13(2,10-12(14)15)9-11-7-5-4-6-8-11/h4-8H,3,9-10H2,1-2H3,(H,14,15)/t13-/m1/s1. The molecule has 0 amide bonds. The summed E-state index contributed by atoms with van der Waals surface area (Å²) >= 11 is 0. The lowest BCUT2D eigenvalue weighted by Crippen LogP contribution is -2.22. The Morgan fingerprint density at radius 3 is 2.40 bits per heavy atom. The van der Waals surface area contributed by atoms with Gasteiger partial charge in [0.2, 0.25) is 0 Å². The average Bonchev–Trinajstić information content (AvgIpc) is 2.18. The van der Waals surface area contributed by atoms with E-state index in [1.54, 1.807) is 0 Å². The lowest BCUT2D eigenvalue weighted by molar-refractivity contribution is -0.139. The first-order chi connectivity index (χ1) is 7.06. The first-order valence-corrected chi connectivity index (χ1v) is 5.31. The maximum atomic E-state index is 10.8. The number of carboxylic acid groups (broad SMARTS) is 1. The minimum absolute atomic E-state index is 0.132. The summed E-state index contributed by atoms with van der Waals surface area (Å²) in [6.45, 7) is 4.08. The topological polar surface area (TPSA) is 37.3 Å². The monoisotopic (exact) mass is 206 g/mol. The van der Waals surface area contributed by atoms with E-state index in [0.29, 0.717) is 0 Å². The Labute approximate surface area is 90.9 Å². The van der Waals surface area contributed by atoms with Gasteiger partial charge in [0, 0.05) is 0 Å². The zero-order chi connectivity index (χ0) is 11.3. The molecule has 2 nitrogen and oxygen atoms in total. The van der Waals surface area contributed by atoms with Gasteiger partial charge in [0.25, 0.3) is 0 Å². The molecule has 1 aromatic carbocycles. The Morgan fingerprint density at radius 1 is 1.33 bits per heavy atom. The molecule has 15 heavy (non-hydrogen) atoms. The molecule has 0 saturated carbocycles. The van der Waals surface area contributed by atoms with Crippen molar-refractivity contribution in [3.63, 3.8) is 0 Å². The summed E-state index contributed by atoms with van der Waals surface area (Å²) < 4.78 is 0. The molecular weight excluding hydrogens is 188 g/mol. The highest BCUT2D eigenvalue weighted by atomic mass is 16.4. The Hall–Kier alpha value is -1.31. The van der Waals surface area contributed by atoms with Gasteiger partial charge in [-0.05, 0) is 23.8 Å². The second-order valence-electron chi connectivity index (χ2n) is 4.40. The number of benzene rings is 1. The minimum Gasteiger partial charge on any atom is -0.481 e. The summed E-state index contributed by atoms with van der Waals surface area (Å²) in [7, 11) is 0. The number of rotatable bonds is 5. The van der Waals surface area contributed by atoms with Gasteiger partial charge in [-0.1, -0.05) is 44.2 Å². The van der Waals surface area contributed by atoms with Gasteiger partial charge in [0.1, 0.15) is 0 Å². The van der Waals surface area contributed by atoms with E-state index >= 15 is 0 Å². The quantitative estimate of drug-likeness (QED) is 0.803. The molecule has 1 aromatic rings. The first-order valence-electron chi connectivity index (χ1n) is 5.31. The van der Waals surface area contributed by atoms with Crippen molar-refractivity contribution >= 4 is 5.97 Å². The van der Waals surface area contributed by atoms with Crippen LogP contribution in [0.2, 0.25) is 0 Å². The molecule has 0 bridgehead atoms. The highest BCUT2D eigenvalue weighted by Gasteiger charge is 2.25. The van der Waals surface area contributed by atoms with Crippen molar-refractivity contribution in [1.29, 1.82) is 0 Å². The van der Waals surface area contributed by atoms with Crippen LogP contribution < -0.4 is 0 Å². The summed E-state index contributed by atoms with van der Waals surface area (Å²) in [5.41, 5.74) is 1.08. The van der Waals surface area contributed by atoms with E-state index in [1.165, 1.54) is 5.56 Å². The highest BCUT2D eigenvalue weighted by Crippen LogP contribution is 2.30. The second-order valence-corrected chi connectivity index (χ2v) is 4.40. The van der Waals surface area contributed by atoms with Gasteiger partial charge < -0.3 is 5.11 Å². The van der Waals surface area contributed by atoms with Crippen molar-refractivity contribution in [2.24, 2.45) is 5.41 Å². The van der Waals surface area contributed by atoms with Crippen LogP contribution in [0.1, 0.15) is 32.3 Å². The molecule has 0 radical (unpaired) electrons. The van der Waals surface area contributed by atoms with E-state index < -0.39 is 5.97 Å². The fourth-order valence-electron chi connectivity index (χ4n) is 1.77. The van der Waals surface area contributed by atoms with Crippen LogP contribution >= 0.6 is 0 Å². The fraction of sp³-hybridized carbons (Fsp3) is 0.462. The van der Waals surface area contributed by atoms with Crippen LogP contribution in [-0.4, -0.2) is 11.1 Å². The molecule has 0 aliphatic rings. The Morgan fingerprint density at radius 2 is 1.93 bits per heavy atom. The molecule has 1 N–H and O–H groups in total. The first kappa shape index (κ1) is 11.8.